The molecule has 0 aliphatic heterocycles. The smallest absolute Gasteiger partial charge is 0.422 e. The average Bonchev–Trinajstić information content (AvgIpc) is 3.03. The van der Waals surface area contributed by atoms with Crippen LogP contribution in [0.3, 0.4) is 0 Å². The number of benzene rings is 2. The van der Waals surface area contributed by atoms with Crippen molar-refractivity contribution in [2.75, 3.05) is 6.61 Å². The Labute approximate surface area is 163 Å². The largest absolute Gasteiger partial charge is 0.484 e. The molecule has 0 aliphatic rings. The van der Waals surface area contributed by atoms with Crippen molar-refractivity contribution >= 4 is 11.8 Å². The van der Waals surface area contributed by atoms with E-state index in [0.717, 1.165) is 11.1 Å². The molecule has 1 heterocycles. The highest BCUT2D eigenvalue weighted by Crippen LogP contribution is 2.24. The van der Waals surface area contributed by atoms with Gasteiger partial charge in [0.05, 0.1) is 0 Å². The maximum absolute atomic E-state index is 12.3. The summed E-state index contributed by atoms with van der Waals surface area (Å²) in [6, 6.07) is 16.2. The van der Waals surface area contributed by atoms with E-state index in [1.165, 1.54) is 17.8 Å². The number of halogens is 3. The third kappa shape index (κ3) is 5.91. The molecule has 0 saturated heterocycles. The molecule has 0 fully saturated rings. The fraction of sp³-hybridized carbons (Fsp3) is 0.263. The summed E-state index contributed by atoms with van der Waals surface area (Å²) in [4.78, 5) is 12.0. The Hall–Kier alpha value is -2.68. The lowest BCUT2D eigenvalue weighted by atomic mass is 10.1. The topological polar surface area (TPSA) is 59.9 Å². The minimum Gasteiger partial charge on any atom is -0.484 e. The van der Waals surface area contributed by atoms with E-state index in [4.69, 9.17) is 4.74 Å². The van der Waals surface area contributed by atoms with E-state index in [9.17, 15) is 18.0 Å². The highest BCUT2D eigenvalue weighted by molar-refractivity contribution is 7.98. The van der Waals surface area contributed by atoms with E-state index >= 15 is 0 Å². The molecule has 3 rings (SSSR count). The molecule has 0 amide bonds. The quantitative estimate of drug-likeness (QED) is 0.571. The van der Waals surface area contributed by atoms with Crippen LogP contribution in [-0.2, 0) is 18.7 Å². The van der Waals surface area contributed by atoms with Crippen LogP contribution in [0.2, 0.25) is 0 Å². The van der Waals surface area contributed by atoms with Crippen molar-refractivity contribution in [3.63, 3.8) is 0 Å². The molecule has 148 valence electrons. The Morgan fingerprint density at radius 2 is 1.82 bits per heavy atom. The summed E-state index contributed by atoms with van der Waals surface area (Å²) < 4.78 is 43.2. The summed E-state index contributed by atoms with van der Waals surface area (Å²) in [5.41, 5.74) is 1.59. The molecule has 0 atom stereocenters. The molecule has 1 N–H and O–H groups in total. The highest BCUT2D eigenvalue weighted by Gasteiger charge is 2.28. The normalized spacial score (nSPS) is 11.5. The summed E-state index contributed by atoms with van der Waals surface area (Å²) in [7, 11) is 0. The fourth-order valence-electron chi connectivity index (χ4n) is 2.53. The highest BCUT2D eigenvalue weighted by atomic mass is 32.2. The Balaban J connectivity index is 1.61. The Kier molecular flexibility index (Phi) is 6.45. The second-order valence-electron chi connectivity index (χ2n) is 6.04. The molecule has 3 aromatic rings. The first-order valence-corrected chi connectivity index (χ1v) is 9.50. The predicted octanol–water partition coefficient (Wildman–Crippen LogP) is 4.05. The van der Waals surface area contributed by atoms with Gasteiger partial charge in [0.1, 0.15) is 5.75 Å². The summed E-state index contributed by atoms with van der Waals surface area (Å²) >= 11 is 1.33. The van der Waals surface area contributed by atoms with Gasteiger partial charge in [0, 0.05) is 12.3 Å². The van der Waals surface area contributed by atoms with Gasteiger partial charge in [-0.3, -0.25) is 4.57 Å². The molecule has 9 heteroatoms. The van der Waals surface area contributed by atoms with Crippen LogP contribution in [-0.4, -0.2) is 27.5 Å². The summed E-state index contributed by atoms with van der Waals surface area (Å²) in [6.07, 6.45) is -3.69. The number of H-pyrrole nitrogens is 1. The van der Waals surface area contributed by atoms with Crippen LogP contribution in [0.1, 0.15) is 11.1 Å². The minimum absolute atomic E-state index is 0.152. The van der Waals surface area contributed by atoms with Crippen molar-refractivity contribution < 1.29 is 17.9 Å². The maximum atomic E-state index is 12.3. The van der Waals surface area contributed by atoms with Gasteiger partial charge in [0.15, 0.2) is 11.8 Å². The van der Waals surface area contributed by atoms with E-state index in [0.29, 0.717) is 23.9 Å². The van der Waals surface area contributed by atoms with Crippen molar-refractivity contribution in [3.8, 4) is 5.75 Å². The number of aryl methyl sites for hydroxylation is 1. The second kappa shape index (κ2) is 9.01. The van der Waals surface area contributed by atoms with Crippen molar-refractivity contribution in [1.29, 1.82) is 0 Å². The Morgan fingerprint density at radius 3 is 2.57 bits per heavy atom. The number of rotatable bonds is 8. The molecule has 0 aliphatic carbocycles. The fourth-order valence-corrected chi connectivity index (χ4v) is 3.45. The van der Waals surface area contributed by atoms with Gasteiger partial charge >= 0.3 is 11.9 Å². The van der Waals surface area contributed by atoms with Gasteiger partial charge in [-0.2, -0.15) is 13.2 Å². The molecule has 0 radical (unpaired) electrons. The first kappa shape index (κ1) is 20.1. The third-order valence-electron chi connectivity index (χ3n) is 3.86. The van der Waals surface area contributed by atoms with Crippen molar-refractivity contribution in [2.45, 2.75) is 30.1 Å². The number of nitrogens with zero attached hydrogens (tertiary/aromatic N) is 2. The van der Waals surface area contributed by atoms with Crippen LogP contribution in [0.5, 0.6) is 5.75 Å². The van der Waals surface area contributed by atoms with Crippen LogP contribution in [0, 0.1) is 0 Å². The van der Waals surface area contributed by atoms with E-state index in [1.54, 1.807) is 22.8 Å². The molecular weight excluding hydrogens is 391 g/mol. The van der Waals surface area contributed by atoms with Gasteiger partial charge in [0.25, 0.3) is 0 Å². The number of hydrogen-bond acceptors (Lipinski definition) is 4. The molecule has 0 bridgehead atoms. The predicted molar refractivity (Wildman–Crippen MR) is 101 cm³/mol. The molecule has 0 spiro atoms. The van der Waals surface area contributed by atoms with E-state index in [-0.39, 0.29) is 11.4 Å². The number of nitrogens with one attached hydrogen (secondary N) is 1. The van der Waals surface area contributed by atoms with Crippen molar-refractivity contribution in [2.24, 2.45) is 0 Å². The standard InChI is InChI=1S/C19H18F3N3O2S/c20-19(21,22)13-27-16-8-4-7-15(11-16)12-28-18-24-23-17(26)25(18)10-9-14-5-2-1-3-6-14/h1-8,11H,9-10,12-13H2,(H,23,26). The molecule has 2 aromatic carbocycles. The Bertz CT molecular complexity index is 955. The number of hydrogen-bond donors (Lipinski definition) is 1. The summed E-state index contributed by atoms with van der Waals surface area (Å²) in [5, 5.41) is 7.02. The number of aromatic nitrogens is 3. The third-order valence-corrected chi connectivity index (χ3v) is 4.91. The van der Waals surface area contributed by atoms with Gasteiger partial charge in [-0.25, -0.2) is 9.89 Å². The molecule has 0 saturated carbocycles. The zero-order chi connectivity index (χ0) is 20.0. The zero-order valence-corrected chi connectivity index (χ0v) is 15.6. The van der Waals surface area contributed by atoms with Crippen LogP contribution in [0.15, 0.2) is 64.5 Å². The molecule has 1 aromatic heterocycles. The molecule has 0 unspecified atom stereocenters. The van der Waals surface area contributed by atoms with Crippen molar-refractivity contribution in [3.05, 3.63) is 76.2 Å². The molecule has 28 heavy (non-hydrogen) atoms. The Morgan fingerprint density at radius 1 is 1.07 bits per heavy atom. The number of alkyl halides is 3. The average molecular weight is 409 g/mol. The monoisotopic (exact) mass is 409 g/mol. The van der Waals surface area contributed by atoms with Gasteiger partial charge < -0.3 is 4.74 Å². The zero-order valence-electron chi connectivity index (χ0n) is 14.8. The molecular formula is C19H18F3N3O2S. The lowest BCUT2D eigenvalue weighted by Gasteiger charge is -2.10. The van der Waals surface area contributed by atoms with Gasteiger partial charge in [-0.15, -0.1) is 5.10 Å². The maximum Gasteiger partial charge on any atom is 0.422 e. The SMILES string of the molecule is O=c1[nH]nc(SCc2cccc(OCC(F)(F)F)c2)n1CCc1ccccc1. The van der Waals surface area contributed by atoms with Gasteiger partial charge in [-0.05, 0) is 29.7 Å². The summed E-state index contributed by atoms with van der Waals surface area (Å²) in [5.74, 6) is 0.595. The van der Waals surface area contributed by atoms with Gasteiger partial charge in [0.2, 0.25) is 0 Å². The first-order valence-electron chi connectivity index (χ1n) is 8.51. The lowest BCUT2D eigenvalue weighted by molar-refractivity contribution is -0.153. The number of aromatic amines is 1. The van der Waals surface area contributed by atoms with Crippen LogP contribution >= 0.6 is 11.8 Å². The van der Waals surface area contributed by atoms with Crippen molar-refractivity contribution in [1.82, 2.24) is 14.8 Å². The van der Waals surface area contributed by atoms with E-state index in [2.05, 4.69) is 10.2 Å². The lowest BCUT2D eigenvalue weighted by Crippen LogP contribution is -2.19. The van der Waals surface area contributed by atoms with Crippen LogP contribution in [0.4, 0.5) is 13.2 Å². The van der Waals surface area contributed by atoms with E-state index in [1.807, 2.05) is 30.3 Å². The first-order chi connectivity index (χ1) is 13.4. The second-order valence-corrected chi connectivity index (χ2v) is 6.98. The minimum atomic E-state index is -4.38. The summed E-state index contributed by atoms with van der Waals surface area (Å²) in [6.45, 7) is -0.849. The van der Waals surface area contributed by atoms with Crippen LogP contribution < -0.4 is 10.4 Å². The number of thioether (sulfide) groups is 1. The van der Waals surface area contributed by atoms with E-state index < -0.39 is 12.8 Å². The number of ether oxygens (including phenoxy) is 1. The van der Waals surface area contributed by atoms with Crippen LogP contribution in [0.25, 0.3) is 0 Å². The van der Waals surface area contributed by atoms with Gasteiger partial charge in [-0.1, -0.05) is 54.2 Å². The molecule has 5 nitrogen and oxygen atoms in total.